The van der Waals surface area contributed by atoms with Crippen molar-refractivity contribution >= 4 is 5.78 Å². The normalized spacial score (nSPS) is 27.5. The molecule has 1 saturated carbocycles. The zero-order valence-electron chi connectivity index (χ0n) is 12.4. The molecule has 0 unspecified atom stereocenters. The van der Waals surface area contributed by atoms with Crippen molar-refractivity contribution in [1.82, 2.24) is 9.78 Å². The molecule has 0 radical (unpaired) electrons. The van der Waals surface area contributed by atoms with E-state index in [0.29, 0.717) is 12.3 Å². The third kappa shape index (κ3) is 2.89. The van der Waals surface area contributed by atoms with Crippen LogP contribution in [0.3, 0.4) is 0 Å². The lowest BCUT2D eigenvalue weighted by Crippen LogP contribution is -2.44. The molecule has 0 bridgehead atoms. The maximum atomic E-state index is 12.6. The van der Waals surface area contributed by atoms with Crippen LogP contribution in [0.4, 0.5) is 0 Å². The molecule has 0 aliphatic heterocycles. The van der Waals surface area contributed by atoms with E-state index in [1.54, 1.807) is 11.8 Å². The third-order valence-corrected chi connectivity index (χ3v) is 4.42. The molecule has 4 nitrogen and oxygen atoms in total. The van der Waals surface area contributed by atoms with Crippen LogP contribution >= 0.6 is 0 Å². The Labute approximate surface area is 115 Å². The first-order valence-electron chi connectivity index (χ1n) is 7.05. The molecule has 1 fully saturated rings. The molecular formula is C15H24N2O2. The molecule has 1 aromatic rings. The van der Waals surface area contributed by atoms with E-state index >= 15 is 0 Å². The van der Waals surface area contributed by atoms with Gasteiger partial charge in [0.25, 0.3) is 0 Å². The summed E-state index contributed by atoms with van der Waals surface area (Å²) in [6, 6.07) is 1.98. The minimum atomic E-state index is -0.565. The molecule has 106 valence electrons. The highest BCUT2D eigenvalue weighted by Crippen LogP contribution is 2.35. The van der Waals surface area contributed by atoms with E-state index in [2.05, 4.69) is 12.0 Å². The fourth-order valence-corrected chi connectivity index (χ4v) is 2.98. The second-order valence-electron chi connectivity index (χ2n) is 5.88. The van der Waals surface area contributed by atoms with Crippen molar-refractivity contribution in [3.05, 3.63) is 17.5 Å². The lowest BCUT2D eigenvalue weighted by Gasteiger charge is -2.36. The van der Waals surface area contributed by atoms with E-state index in [1.165, 1.54) is 0 Å². The van der Waals surface area contributed by atoms with E-state index in [0.717, 1.165) is 37.1 Å². The van der Waals surface area contributed by atoms with E-state index in [-0.39, 0.29) is 5.78 Å². The number of carbonyl (C=O) groups excluding carboxylic acids is 1. The van der Waals surface area contributed by atoms with Crippen molar-refractivity contribution in [2.75, 3.05) is 7.11 Å². The smallest absolute Gasteiger partial charge is 0.170 e. The Balaban J connectivity index is 2.11. The van der Waals surface area contributed by atoms with Gasteiger partial charge >= 0.3 is 0 Å². The fraction of sp³-hybridized carbons (Fsp3) is 0.733. The average molecular weight is 264 g/mol. The van der Waals surface area contributed by atoms with Crippen LogP contribution in [0.1, 0.15) is 44.0 Å². The van der Waals surface area contributed by atoms with Crippen molar-refractivity contribution in [2.24, 2.45) is 13.0 Å². The molecule has 0 N–H and O–H groups in total. The van der Waals surface area contributed by atoms with Gasteiger partial charge in [0.2, 0.25) is 0 Å². The third-order valence-electron chi connectivity index (χ3n) is 4.42. The Morgan fingerprint density at radius 1 is 1.53 bits per heavy atom. The highest BCUT2D eigenvalue weighted by atomic mass is 16.5. The summed E-state index contributed by atoms with van der Waals surface area (Å²) >= 11 is 0. The highest BCUT2D eigenvalue weighted by molar-refractivity contribution is 5.89. The number of rotatable bonds is 4. The van der Waals surface area contributed by atoms with Gasteiger partial charge in [0, 0.05) is 19.9 Å². The van der Waals surface area contributed by atoms with Crippen molar-refractivity contribution in [1.29, 1.82) is 0 Å². The molecule has 2 rings (SSSR count). The molecule has 0 saturated heterocycles. The van der Waals surface area contributed by atoms with Gasteiger partial charge in [-0.05, 0) is 44.6 Å². The Bertz CT molecular complexity index is 457. The van der Waals surface area contributed by atoms with Gasteiger partial charge in [-0.25, -0.2) is 0 Å². The number of nitrogens with zero attached hydrogens (tertiary/aromatic N) is 2. The molecule has 0 atom stereocenters. The number of aryl methyl sites for hydroxylation is 2. The topological polar surface area (TPSA) is 44.1 Å². The molecule has 1 aromatic heterocycles. The van der Waals surface area contributed by atoms with Gasteiger partial charge in [0.1, 0.15) is 5.60 Å². The minimum Gasteiger partial charge on any atom is -0.370 e. The number of methoxy groups -OCH3 is 1. The minimum absolute atomic E-state index is 0.199. The molecular weight excluding hydrogens is 240 g/mol. The Kier molecular flexibility index (Phi) is 4.09. The zero-order chi connectivity index (χ0) is 14.0. The van der Waals surface area contributed by atoms with Crippen LogP contribution in [-0.4, -0.2) is 28.3 Å². The van der Waals surface area contributed by atoms with Crippen molar-refractivity contribution in [3.63, 3.8) is 0 Å². The summed E-state index contributed by atoms with van der Waals surface area (Å²) < 4.78 is 7.42. The number of hydrogen-bond donors (Lipinski definition) is 0. The van der Waals surface area contributed by atoms with Gasteiger partial charge < -0.3 is 4.74 Å². The lowest BCUT2D eigenvalue weighted by atomic mass is 9.76. The molecule has 1 aliphatic rings. The first kappa shape index (κ1) is 14.3. The molecule has 0 aromatic carbocycles. The maximum absolute atomic E-state index is 12.6. The van der Waals surface area contributed by atoms with Gasteiger partial charge in [-0.1, -0.05) is 6.92 Å². The molecule has 1 aliphatic carbocycles. The maximum Gasteiger partial charge on any atom is 0.170 e. The van der Waals surface area contributed by atoms with Gasteiger partial charge in [-0.15, -0.1) is 0 Å². The zero-order valence-corrected chi connectivity index (χ0v) is 12.4. The summed E-state index contributed by atoms with van der Waals surface area (Å²) in [4.78, 5) is 12.6. The summed E-state index contributed by atoms with van der Waals surface area (Å²) in [6.45, 7) is 4.19. The van der Waals surface area contributed by atoms with E-state index in [4.69, 9.17) is 4.74 Å². The summed E-state index contributed by atoms with van der Waals surface area (Å²) in [5, 5.41) is 4.29. The molecule has 19 heavy (non-hydrogen) atoms. The summed E-state index contributed by atoms with van der Waals surface area (Å²) in [5.41, 5.74) is 1.36. The summed E-state index contributed by atoms with van der Waals surface area (Å²) in [6.07, 6.45) is 4.26. The first-order valence-corrected chi connectivity index (χ1v) is 7.05. The number of carbonyl (C=O) groups is 1. The largest absolute Gasteiger partial charge is 0.370 e. The Hall–Kier alpha value is -1.16. The average Bonchev–Trinajstić information content (AvgIpc) is 2.69. The number of aromatic nitrogens is 2. The van der Waals surface area contributed by atoms with Gasteiger partial charge in [0.05, 0.1) is 12.1 Å². The van der Waals surface area contributed by atoms with E-state index < -0.39 is 5.60 Å². The number of ether oxygens (including phenoxy) is 1. The van der Waals surface area contributed by atoms with Gasteiger partial charge in [-0.2, -0.15) is 5.10 Å². The van der Waals surface area contributed by atoms with Crippen LogP contribution in [0.25, 0.3) is 0 Å². The second kappa shape index (κ2) is 5.45. The fourth-order valence-electron chi connectivity index (χ4n) is 2.98. The van der Waals surface area contributed by atoms with Crippen LogP contribution < -0.4 is 0 Å². The molecule has 0 spiro atoms. The van der Waals surface area contributed by atoms with Crippen LogP contribution in [0.5, 0.6) is 0 Å². The van der Waals surface area contributed by atoms with Gasteiger partial charge in [-0.3, -0.25) is 9.48 Å². The predicted octanol–water partition coefficient (Wildman–Crippen LogP) is 2.44. The monoisotopic (exact) mass is 264 g/mol. The number of Topliss-reactive ketones (excluding diaryl/α,β-unsaturated/α-hetero) is 1. The number of hydrogen-bond acceptors (Lipinski definition) is 3. The number of ketones is 1. The summed E-state index contributed by atoms with van der Waals surface area (Å²) in [5.74, 6) is 0.903. The van der Waals surface area contributed by atoms with E-state index in [9.17, 15) is 4.79 Å². The lowest BCUT2D eigenvalue weighted by molar-refractivity contribution is -0.145. The van der Waals surface area contributed by atoms with Crippen molar-refractivity contribution in [2.45, 2.75) is 51.6 Å². The van der Waals surface area contributed by atoms with Crippen LogP contribution in [0.2, 0.25) is 0 Å². The first-order chi connectivity index (χ1) is 8.97. The SMILES string of the molecule is COC1(C(=O)Cc2cc(C)nn2C)CCC(C)CC1. The van der Waals surface area contributed by atoms with Crippen molar-refractivity contribution in [3.8, 4) is 0 Å². The van der Waals surface area contributed by atoms with Crippen LogP contribution in [-0.2, 0) is 23.0 Å². The standard InChI is InChI=1S/C15H24N2O2/c1-11-5-7-15(19-4,8-6-11)14(18)10-13-9-12(2)16-17(13)3/h9,11H,5-8,10H2,1-4H3. The Morgan fingerprint density at radius 3 is 2.63 bits per heavy atom. The second-order valence-corrected chi connectivity index (χ2v) is 5.88. The van der Waals surface area contributed by atoms with Crippen LogP contribution in [0, 0.1) is 12.8 Å². The quantitative estimate of drug-likeness (QED) is 0.839. The van der Waals surface area contributed by atoms with Gasteiger partial charge in [0.15, 0.2) is 5.78 Å². The Morgan fingerprint density at radius 2 is 2.16 bits per heavy atom. The molecule has 0 amide bonds. The van der Waals surface area contributed by atoms with Crippen LogP contribution in [0.15, 0.2) is 6.07 Å². The molecule has 1 heterocycles. The summed E-state index contributed by atoms with van der Waals surface area (Å²) in [7, 11) is 3.56. The predicted molar refractivity (Wildman–Crippen MR) is 74.0 cm³/mol. The van der Waals surface area contributed by atoms with E-state index in [1.807, 2.05) is 20.0 Å². The highest BCUT2D eigenvalue weighted by Gasteiger charge is 2.40. The van der Waals surface area contributed by atoms with Crippen molar-refractivity contribution < 1.29 is 9.53 Å². The molecule has 4 heteroatoms.